The molecular weight excluding hydrogens is 327 g/mol. The van der Waals surface area contributed by atoms with Crippen molar-refractivity contribution in [1.29, 1.82) is 0 Å². The van der Waals surface area contributed by atoms with E-state index in [1.54, 1.807) is 11.0 Å². The summed E-state index contributed by atoms with van der Waals surface area (Å²) in [5, 5.41) is 2.69. The summed E-state index contributed by atoms with van der Waals surface area (Å²) in [7, 11) is -0.520. The fraction of sp³-hybridized carbons (Fsp3) is 0.0500. The Kier molecular flexibility index (Phi) is 4.36. The molecule has 2 heterocycles. The Morgan fingerprint density at radius 1 is 0.800 bits per heavy atom. The maximum absolute atomic E-state index is 6.26. The van der Waals surface area contributed by atoms with Crippen molar-refractivity contribution < 1.29 is 0 Å². The Morgan fingerprint density at radius 3 is 1.92 bits per heavy atom. The van der Waals surface area contributed by atoms with Crippen molar-refractivity contribution in [2.45, 2.75) is 6.29 Å². The molecule has 0 saturated heterocycles. The third kappa shape index (κ3) is 3.21. The summed E-state index contributed by atoms with van der Waals surface area (Å²) in [6.45, 7) is 0. The minimum atomic E-state index is -0.520. The first-order chi connectivity index (χ1) is 12.3. The first-order valence-electron chi connectivity index (χ1n) is 8.15. The van der Waals surface area contributed by atoms with Crippen LogP contribution in [-0.2, 0) is 6.29 Å². The van der Waals surface area contributed by atoms with Gasteiger partial charge in [0.25, 0.3) is 0 Å². The first kappa shape index (κ1) is 15.7. The molecule has 25 heavy (non-hydrogen) atoms. The number of aromatic nitrogens is 3. The van der Waals surface area contributed by atoms with Gasteiger partial charge in [0, 0.05) is 6.20 Å². The number of hydrogen-bond acceptors (Lipinski definition) is 2. The van der Waals surface area contributed by atoms with Crippen molar-refractivity contribution in [3.05, 3.63) is 91.3 Å². The number of nitrogens with two attached hydrogens (primary N) is 1. The van der Waals surface area contributed by atoms with Crippen LogP contribution in [0.4, 0.5) is 0 Å². The molecule has 0 fully saturated rings. The predicted octanol–water partition coefficient (Wildman–Crippen LogP) is 3.16. The average Bonchev–Trinajstić information content (AvgIpc) is 2.69. The van der Waals surface area contributed by atoms with Gasteiger partial charge in [-0.1, -0.05) is 66.7 Å². The second-order valence-electron chi connectivity index (χ2n) is 5.75. The Labute approximate surface area is 148 Å². The molecule has 0 amide bonds. The predicted molar refractivity (Wildman–Crippen MR) is 105 cm³/mol. The van der Waals surface area contributed by atoms with E-state index in [-0.39, 0.29) is 0 Å². The largest absolute Gasteiger partial charge is 0.324 e. The van der Waals surface area contributed by atoms with E-state index in [1.165, 1.54) is 10.6 Å². The monoisotopic (exact) mass is 346 g/mol. The van der Waals surface area contributed by atoms with E-state index in [0.717, 1.165) is 17.7 Å². The summed E-state index contributed by atoms with van der Waals surface area (Å²) in [6, 6.07) is 27.1. The molecule has 0 aliphatic carbocycles. The van der Waals surface area contributed by atoms with Crippen LogP contribution in [0.5, 0.6) is 0 Å². The molecule has 0 saturated carbocycles. The average molecular weight is 346 g/mol. The zero-order chi connectivity index (χ0) is 17.1. The normalized spacial score (nSPS) is 11.1. The first-order valence-corrected chi connectivity index (χ1v) is 9.68. The second-order valence-corrected chi connectivity index (χ2v) is 7.93. The number of benzene rings is 2. The molecule has 0 atom stereocenters. The van der Waals surface area contributed by atoms with Crippen LogP contribution in [0.25, 0.3) is 11.4 Å². The second kappa shape index (κ2) is 6.96. The Balaban J connectivity index is 1.64. The highest BCUT2D eigenvalue weighted by molar-refractivity contribution is 7.72. The van der Waals surface area contributed by atoms with Crippen LogP contribution in [0, 0.1) is 0 Å². The van der Waals surface area contributed by atoms with Crippen LogP contribution < -0.4 is 16.5 Å². The van der Waals surface area contributed by atoms with Crippen molar-refractivity contribution in [3.8, 4) is 11.4 Å². The quantitative estimate of drug-likeness (QED) is 0.446. The molecule has 0 radical (unpaired) electrons. The van der Waals surface area contributed by atoms with E-state index in [9.17, 15) is 0 Å². The molecule has 4 rings (SSSR count). The molecule has 0 bridgehead atoms. The summed E-state index contributed by atoms with van der Waals surface area (Å²) in [5.74, 6) is 6.26. The molecule has 0 spiro atoms. The standard InChI is InChI=1S/C20H19N4P/c21-24-20(19-13-7-8-14-22-19)15-23(24)16-25(17-9-3-1-4-10-17)18-11-5-2-6-12-18/h1-15H,16,21H2. The fourth-order valence-electron chi connectivity index (χ4n) is 2.82. The van der Waals surface area contributed by atoms with Crippen molar-refractivity contribution >= 4 is 18.5 Å². The molecule has 2 aromatic carbocycles. The van der Waals surface area contributed by atoms with E-state index < -0.39 is 7.92 Å². The molecule has 2 N–H and O–H groups in total. The Hall–Kier alpha value is -2.84. The van der Waals surface area contributed by atoms with Gasteiger partial charge in [-0.05, 0) is 30.7 Å². The summed E-state index contributed by atoms with van der Waals surface area (Å²) < 4.78 is 2.07. The number of pyridine rings is 1. The smallest absolute Gasteiger partial charge is 0.124 e. The van der Waals surface area contributed by atoms with Crippen molar-refractivity contribution in [2.24, 2.45) is 0 Å². The lowest BCUT2D eigenvalue weighted by Crippen LogP contribution is -2.32. The summed E-state index contributed by atoms with van der Waals surface area (Å²) in [5.41, 5.74) is 1.83. The van der Waals surface area contributed by atoms with Crippen LogP contribution in [0.15, 0.2) is 91.3 Å². The maximum Gasteiger partial charge on any atom is 0.124 e. The molecule has 4 nitrogen and oxygen atoms in total. The van der Waals surface area contributed by atoms with Crippen LogP contribution in [0.2, 0.25) is 0 Å². The van der Waals surface area contributed by atoms with Crippen molar-refractivity contribution in [2.75, 3.05) is 5.84 Å². The van der Waals surface area contributed by atoms with Gasteiger partial charge in [0.15, 0.2) is 0 Å². The van der Waals surface area contributed by atoms with Gasteiger partial charge < -0.3 is 5.84 Å². The number of hydrogen-bond donors (Lipinski definition) is 1. The van der Waals surface area contributed by atoms with E-state index in [0.29, 0.717) is 0 Å². The van der Waals surface area contributed by atoms with Gasteiger partial charge in [-0.15, -0.1) is 0 Å². The van der Waals surface area contributed by atoms with Gasteiger partial charge in [-0.2, -0.15) is 4.79 Å². The maximum atomic E-state index is 6.26. The highest BCUT2D eigenvalue weighted by Gasteiger charge is 2.18. The zero-order valence-electron chi connectivity index (χ0n) is 13.7. The topological polar surface area (TPSA) is 48.8 Å². The number of nitrogen functional groups attached to an aromatic ring is 1. The van der Waals surface area contributed by atoms with Crippen molar-refractivity contribution in [1.82, 2.24) is 14.5 Å². The van der Waals surface area contributed by atoms with Gasteiger partial charge in [0.05, 0.1) is 18.2 Å². The molecule has 5 heteroatoms. The molecule has 124 valence electrons. The minimum absolute atomic E-state index is 0.520. The van der Waals surface area contributed by atoms with Gasteiger partial charge in [-0.3, -0.25) is 9.67 Å². The van der Waals surface area contributed by atoms with Gasteiger partial charge in [0.2, 0.25) is 0 Å². The summed E-state index contributed by atoms with van der Waals surface area (Å²) in [6.07, 6.45) is 4.70. The van der Waals surface area contributed by atoms with E-state index in [2.05, 4.69) is 76.5 Å². The molecule has 0 unspecified atom stereocenters. The highest BCUT2D eigenvalue weighted by Crippen LogP contribution is 2.36. The molecule has 4 aromatic rings. The van der Waals surface area contributed by atoms with Crippen LogP contribution in [0.1, 0.15) is 0 Å². The molecular formula is C20H19N4P. The van der Waals surface area contributed by atoms with E-state index in [4.69, 9.17) is 5.84 Å². The number of nitrogens with zero attached hydrogens (tertiary/aromatic N) is 3. The van der Waals surface area contributed by atoms with Crippen LogP contribution in [0.3, 0.4) is 0 Å². The fourth-order valence-corrected chi connectivity index (χ4v) is 5.02. The van der Waals surface area contributed by atoms with E-state index >= 15 is 0 Å². The lowest BCUT2D eigenvalue weighted by molar-refractivity contribution is 0.556. The molecule has 0 aliphatic heterocycles. The van der Waals surface area contributed by atoms with Gasteiger partial charge >= 0.3 is 0 Å². The Morgan fingerprint density at radius 2 is 1.40 bits per heavy atom. The summed E-state index contributed by atoms with van der Waals surface area (Å²) in [4.78, 5) is 6.07. The van der Waals surface area contributed by atoms with Crippen LogP contribution in [-0.4, -0.2) is 14.5 Å². The SMILES string of the molecule is Nn1c(-c2ccccn2)cn1CP(c1ccccc1)c1ccccc1. The molecule has 0 aliphatic rings. The zero-order valence-corrected chi connectivity index (χ0v) is 14.6. The lowest BCUT2D eigenvalue weighted by atomic mass is 10.3. The van der Waals surface area contributed by atoms with Crippen LogP contribution >= 0.6 is 7.92 Å². The molecule has 2 aromatic heterocycles. The van der Waals surface area contributed by atoms with E-state index in [1.807, 2.05) is 18.2 Å². The minimum Gasteiger partial charge on any atom is -0.324 e. The van der Waals surface area contributed by atoms with Crippen molar-refractivity contribution in [3.63, 3.8) is 0 Å². The number of rotatable bonds is 5. The third-order valence-electron chi connectivity index (χ3n) is 4.14. The van der Waals surface area contributed by atoms with Gasteiger partial charge in [0.1, 0.15) is 5.69 Å². The highest BCUT2D eigenvalue weighted by atomic mass is 31.1. The van der Waals surface area contributed by atoms with Gasteiger partial charge in [-0.25, -0.2) is 0 Å². The Bertz CT molecular complexity index is 890. The third-order valence-corrected chi connectivity index (χ3v) is 6.56. The summed E-state index contributed by atoms with van der Waals surface area (Å²) >= 11 is 0. The lowest BCUT2D eigenvalue weighted by Gasteiger charge is -2.27.